The largest absolute Gasteiger partial charge is 0.324 e. The molecule has 0 atom stereocenters. The van der Waals surface area contributed by atoms with E-state index in [-0.39, 0.29) is 0 Å². The highest BCUT2D eigenvalue weighted by molar-refractivity contribution is 8.00. The zero-order valence-electron chi connectivity index (χ0n) is 4.24. The number of nitrogens with zero attached hydrogens (tertiary/aromatic N) is 2. The summed E-state index contributed by atoms with van der Waals surface area (Å²) in [6.07, 6.45) is 3.73. The minimum atomic E-state index is 1.04. The van der Waals surface area contributed by atoms with Gasteiger partial charge in [-0.25, -0.2) is 4.98 Å². The smallest absolute Gasteiger partial charge is 0.0956 e. The summed E-state index contributed by atoms with van der Waals surface area (Å²) >= 11 is 1.81. The van der Waals surface area contributed by atoms with Crippen molar-refractivity contribution in [2.75, 3.05) is 0 Å². The molecule has 1 radical (unpaired) electrons. The Balaban J connectivity index is 2.54. The lowest BCUT2D eigenvalue weighted by molar-refractivity contribution is 0.889. The van der Waals surface area contributed by atoms with E-state index in [1.807, 2.05) is 24.3 Å². The quantitative estimate of drug-likeness (QED) is 0.516. The summed E-state index contributed by atoms with van der Waals surface area (Å²) in [5.74, 6) is 3.16. The topological polar surface area (TPSA) is 17.8 Å². The lowest BCUT2D eigenvalue weighted by Gasteiger charge is -1.86. The van der Waals surface area contributed by atoms with E-state index in [9.17, 15) is 0 Å². The van der Waals surface area contributed by atoms with Gasteiger partial charge in [0, 0.05) is 6.20 Å². The summed E-state index contributed by atoms with van der Waals surface area (Å²) < 4.78 is 2.12. The highest BCUT2D eigenvalue weighted by Crippen LogP contribution is 2.24. The van der Waals surface area contributed by atoms with Gasteiger partial charge in [-0.15, -0.1) is 11.8 Å². The Morgan fingerprint density at radius 2 is 2.75 bits per heavy atom. The molecular formula is C5H5N2S. The summed E-state index contributed by atoms with van der Waals surface area (Å²) in [5.41, 5.74) is 1.23. The maximum absolute atomic E-state index is 3.96. The molecule has 0 saturated carbocycles. The monoisotopic (exact) mass is 125 g/mol. The van der Waals surface area contributed by atoms with E-state index in [4.69, 9.17) is 0 Å². The molecule has 41 valence electrons. The van der Waals surface area contributed by atoms with Gasteiger partial charge in [-0.1, -0.05) is 0 Å². The summed E-state index contributed by atoms with van der Waals surface area (Å²) in [6.45, 7) is 0. The first-order valence-corrected chi connectivity index (χ1v) is 3.46. The Hall–Kier alpha value is -0.440. The van der Waals surface area contributed by atoms with Crippen LogP contribution in [0.5, 0.6) is 0 Å². The van der Waals surface area contributed by atoms with Gasteiger partial charge in [-0.05, 0) is 0 Å². The molecule has 3 heteroatoms. The molecule has 0 N–H and O–H groups in total. The van der Waals surface area contributed by atoms with Gasteiger partial charge in [-0.2, -0.15) is 0 Å². The van der Waals surface area contributed by atoms with Crippen LogP contribution in [0.25, 0.3) is 0 Å². The van der Waals surface area contributed by atoms with Crippen molar-refractivity contribution in [2.24, 2.45) is 0 Å². The zero-order chi connectivity index (χ0) is 5.40. The second-order valence-electron chi connectivity index (χ2n) is 1.70. The number of hydrogen-bond acceptors (Lipinski definition) is 2. The molecule has 0 bridgehead atoms. The minimum absolute atomic E-state index is 1.04. The maximum Gasteiger partial charge on any atom is 0.0956 e. The molecule has 1 aliphatic heterocycles. The normalized spacial score (nSPS) is 16.5. The second-order valence-corrected chi connectivity index (χ2v) is 2.53. The molecule has 2 heterocycles. The molecule has 0 unspecified atom stereocenters. The number of hydrogen-bond donors (Lipinski definition) is 0. The average Bonchev–Trinajstić information content (AvgIpc) is 2.15. The van der Waals surface area contributed by atoms with E-state index in [1.165, 1.54) is 5.69 Å². The number of fused-ring (bicyclic) bond motifs is 1. The Morgan fingerprint density at radius 1 is 1.75 bits per heavy atom. The molecule has 0 amide bonds. The molecule has 2 rings (SSSR count). The molecule has 2 nitrogen and oxygen atoms in total. The van der Waals surface area contributed by atoms with Crippen molar-refractivity contribution in [1.82, 2.24) is 9.55 Å². The predicted octanol–water partition coefficient (Wildman–Crippen LogP) is 1.10. The highest BCUT2D eigenvalue weighted by atomic mass is 32.2. The highest BCUT2D eigenvalue weighted by Gasteiger charge is 2.08. The van der Waals surface area contributed by atoms with Crippen molar-refractivity contribution in [3.63, 3.8) is 0 Å². The summed E-state index contributed by atoms with van der Waals surface area (Å²) in [4.78, 5) is 3.96. The SMILES string of the molecule is [CH]1SCn2cncc21. The Bertz CT molecular complexity index is 176. The number of imidazole rings is 1. The van der Waals surface area contributed by atoms with Crippen LogP contribution in [-0.2, 0) is 5.88 Å². The van der Waals surface area contributed by atoms with E-state index in [2.05, 4.69) is 15.3 Å². The number of rotatable bonds is 0. The van der Waals surface area contributed by atoms with E-state index in [0.29, 0.717) is 0 Å². The third-order valence-electron chi connectivity index (χ3n) is 1.16. The third kappa shape index (κ3) is 0.478. The first-order chi connectivity index (χ1) is 3.97. The molecule has 0 fully saturated rings. The van der Waals surface area contributed by atoms with Crippen molar-refractivity contribution in [3.8, 4) is 0 Å². The van der Waals surface area contributed by atoms with Crippen molar-refractivity contribution in [1.29, 1.82) is 0 Å². The Labute approximate surface area is 51.9 Å². The van der Waals surface area contributed by atoms with Crippen molar-refractivity contribution in [2.45, 2.75) is 5.88 Å². The fraction of sp³-hybridized carbons (Fsp3) is 0.200. The fourth-order valence-electron chi connectivity index (χ4n) is 0.740. The molecule has 0 aliphatic carbocycles. The van der Waals surface area contributed by atoms with Crippen LogP contribution in [0.1, 0.15) is 5.69 Å². The summed E-state index contributed by atoms with van der Waals surface area (Å²) in [7, 11) is 0. The van der Waals surface area contributed by atoms with Gasteiger partial charge >= 0.3 is 0 Å². The second kappa shape index (κ2) is 1.52. The maximum atomic E-state index is 3.96. The standard InChI is InChI=1S/C5H5N2S/c1-5-2-8-4-7(5)3-6-1/h1-3H,4H2. The van der Waals surface area contributed by atoms with E-state index >= 15 is 0 Å². The van der Waals surface area contributed by atoms with Gasteiger partial charge in [0.05, 0.1) is 23.7 Å². The van der Waals surface area contributed by atoms with Crippen molar-refractivity contribution in [3.05, 3.63) is 24.0 Å². The van der Waals surface area contributed by atoms with Gasteiger partial charge in [0.2, 0.25) is 0 Å². The molecule has 1 aromatic heterocycles. The van der Waals surface area contributed by atoms with Crippen LogP contribution in [-0.4, -0.2) is 9.55 Å². The summed E-state index contributed by atoms with van der Waals surface area (Å²) in [5, 5.41) is 0. The predicted molar refractivity (Wildman–Crippen MR) is 33.2 cm³/mol. The van der Waals surface area contributed by atoms with Gasteiger partial charge in [0.25, 0.3) is 0 Å². The lowest BCUT2D eigenvalue weighted by Crippen LogP contribution is -1.85. The van der Waals surface area contributed by atoms with Gasteiger partial charge in [-0.3, -0.25) is 0 Å². The first kappa shape index (κ1) is 4.44. The minimum Gasteiger partial charge on any atom is -0.324 e. The van der Waals surface area contributed by atoms with Gasteiger partial charge in [0.1, 0.15) is 0 Å². The van der Waals surface area contributed by atoms with Crippen molar-refractivity contribution >= 4 is 11.8 Å². The number of aromatic nitrogens is 2. The number of thioether (sulfide) groups is 1. The summed E-state index contributed by atoms with van der Waals surface area (Å²) in [6, 6.07) is 0. The molecule has 1 aromatic rings. The van der Waals surface area contributed by atoms with Crippen LogP contribution in [0.15, 0.2) is 12.5 Å². The molecule has 0 aromatic carbocycles. The molecule has 0 spiro atoms. The van der Waals surface area contributed by atoms with Crippen LogP contribution in [0.2, 0.25) is 0 Å². The first-order valence-electron chi connectivity index (χ1n) is 2.42. The van der Waals surface area contributed by atoms with E-state index in [1.54, 1.807) is 0 Å². The van der Waals surface area contributed by atoms with Gasteiger partial charge < -0.3 is 4.57 Å². The van der Waals surface area contributed by atoms with Crippen LogP contribution in [0.3, 0.4) is 0 Å². The molecule has 1 aliphatic rings. The van der Waals surface area contributed by atoms with E-state index in [0.717, 1.165) is 5.88 Å². The van der Waals surface area contributed by atoms with Crippen LogP contribution >= 0.6 is 11.8 Å². The van der Waals surface area contributed by atoms with Gasteiger partial charge in [0.15, 0.2) is 0 Å². The molecular weight excluding hydrogens is 120 g/mol. The zero-order valence-corrected chi connectivity index (χ0v) is 5.06. The molecule has 0 saturated heterocycles. The average molecular weight is 125 g/mol. The van der Waals surface area contributed by atoms with E-state index < -0.39 is 0 Å². The Morgan fingerprint density at radius 3 is 3.62 bits per heavy atom. The third-order valence-corrected chi connectivity index (χ3v) is 2.00. The van der Waals surface area contributed by atoms with Crippen LogP contribution in [0.4, 0.5) is 0 Å². The molecule has 8 heavy (non-hydrogen) atoms. The lowest BCUT2D eigenvalue weighted by atomic mass is 10.5. The van der Waals surface area contributed by atoms with Crippen molar-refractivity contribution < 1.29 is 0 Å². The Kier molecular flexibility index (Phi) is 0.842. The van der Waals surface area contributed by atoms with Crippen LogP contribution in [0, 0.1) is 5.75 Å². The fourth-order valence-corrected chi connectivity index (χ4v) is 1.56. The van der Waals surface area contributed by atoms with Crippen LogP contribution < -0.4 is 0 Å².